The molecule has 0 saturated carbocycles. The van der Waals surface area contributed by atoms with E-state index in [0.29, 0.717) is 23.4 Å². The van der Waals surface area contributed by atoms with Gasteiger partial charge in [-0.25, -0.2) is 23.4 Å². The topological polar surface area (TPSA) is 111 Å². The molecular formula is C36H45ClF2N6O4Si. The van der Waals surface area contributed by atoms with E-state index < -0.39 is 43.4 Å². The van der Waals surface area contributed by atoms with Crippen molar-refractivity contribution in [1.82, 2.24) is 9.88 Å². The average Bonchev–Trinajstić information content (AvgIpc) is 3.10. The second-order valence-electron chi connectivity index (χ2n) is 14.5. The number of nitrogens with zero attached hydrogens (tertiary/aromatic N) is 5. The van der Waals surface area contributed by atoms with E-state index in [1.165, 1.54) is 28.1 Å². The number of anilines is 4. The van der Waals surface area contributed by atoms with E-state index in [9.17, 15) is 14.9 Å². The second kappa shape index (κ2) is 14.9. The first kappa shape index (κ1) is 38.5. The van der Waals surface area contributed by atoms with Crippen molar-refractivity contribution in [1.29, 1.82) is 5.26 Å². The van der Waals surface area contributed by atoms with E-state index in [1.807, 2.05) is 6.07 Å². The number of pyridine rings is 1. The maximum atomic E-state index is 16.1. The van der Waals surface area contributed by atoms with Crippen molar-refractivity contribution in [3.05, 3.63) is 64.9 Å². The van der Waals surface area contributed by atoms with Gasteiger partial charge in [0, 0.05) is 48.0 Å². The van der Waals surface area contributed by atoms with Gasteiger partial charge in [0.25, 0.3) is 0 Å². The molecule has 0 fully saturated rings. The molecular weight excluding hydrogens is 682 g/mol. The maximum absolute atomic E-state index is 16.1. The fourth-order valence-electron chi connectivity index (χ4n) is 5.17. The van der Waals surface area contributed by atoms with Crippen molar-refractivity contribution in [2.24, 2.45) is 0 Å². The summed E-state index contributed by atoms with van der Waals surface area (Å²) in [6, 6.07) is 9.67. The Morgan fingerprint density at radius 3 is 2.28 bits per heavy atom. The highest BCUT2D eigenvalue weighted by molar-refractivity contribution is 6.74. The van der Waals surface area contributed by atoms with Gasteiger partial charge in [0.15, 0.2) is 20.0 Å². The van der Waals surface area contributed by atoms with Gasteiger partial charge in [-0.2, -0.15) is 5.26 Å². The van der Waals surface area contributed by atoms with Crippen LogP contribution in [0.3, 0.4) is 0 Å². The summed E-state index contributed by atoms with van der Waals surface area (Å²) in [7, 11) is -2.06. The van der Waals surface area contributed by atoms with E-state index in [0.717, 1.165) is 17.0 Å². The molecule has 3 amide bonds. The predicted octanol–water partition coefficient (Wildman–Crippen LogP) is 9.32. The highest BCUT2D eigenvalue weighted by Crippen LogP contribution is 2.46. The van der Waals surface area contributed by atoms with E-state index in [4.69, 9.17) is 20.8 Å². The van der Waals surface area contributed by atoms with E-state index in [1.54, 1.807) is 39.8 Å². The van der Waals surface area contributed by atoms with Crippen LogP contribution in [0.4, 0.5) is 41.1 Å². The largest absolute Gasteiger partial charge is 0.444 e. The number of ether oxygens (including phenoxy) is 1. The Bertz CT molecular complexity index is 1780. The van der Waals surface area contributed by atoms with Crippen LogP contribution in [0.5, 0.6) is 0 Å². The fraction of sp³-hybridized carbons (Fsp3) is 0.444. The van der Waals surface area contributed by atoms with Crippen LogP contribution in [0.2, 0.25) is 23.2 Å². The van der Waals surface area contributed by atoms with Gasteiger partial charge in [-0.15, -0.1) is 0 Å². The average molecular weight is 727 g/mol. The molecule has 50 heavy (non-hydrogen) atoms. The van der Waals surface area contributed by atoms with Crippen LogP contribution >= 0.6 is 11.6 Å². The third-order valence-electron chi connectivity index (χ3n) is 8.75. The number of nitriles is 1. The number of carbonyl (C=O) groups is 2. The molecule has 0 saturated heterocycles. The minimum absolute atomic E-state index is 0.00513. The van der Waals surface area contributed by atoms with Gasteiger partial charge in [-0.05, 0) is 76.2 Å². The highest BCUT2D eigenvalue weighted by Gasteiger charge is 2.38. The molecule has 1 aliphatic heterocycles. The molecule has 0 radical (unpaired) electrons. The lowest BCUT2D eigenvalue weighted by Gasteiger charge is -2.37. The SMILES string of the molecule is CCN1C(=O)N(c2c(F)cc(NCCN(CCO[Si](C)(C)C(C)(C)C)C(=O)OC(C)(C)C)cc2F)c2cc(Cl)ccc2-c2cc(C#N)ncc21. The number of fused-ring (bicyclic) bond motifs is 3. The first-order valence-electron chi connectivity index (χ1n) is 16.4. The predicted molar refractivity (Wildman–Crippen MR) is 196 cm³/mol. The fourth-order valence-corrected chi connectivity index (χ4v) is 6.37. The van der Waals surface area contributed by atoms with Crippen molar-refractivity contribution < 1.29 is 27.5 Å². The molecule has 1 aromatic heterocycles. The summed E-state index contributed by atoms with van der Waals surface area (Å²) in [6.07, 6.45) is 0.873. The number of halogens is 3. The third-order valence-corrected chi connectivity index (χ3v) is 13.5. The zero-order chi connectivity index (χ0) is 37.2. The van der Waals surface area contributed by atoms with Gasteiger partial charge in [0.05, 0.1) is 24.2 Å². The summed E-state index contributed by atoms with van der Waals surface area (Å²) in [5.74, 6) is -2.01. The van der Waals surface area contributed by atoms with E-state index >= 15 is 8.78 Å². The molecule has 0 unspecified atom stereocenters. The molecule has 0 atom stereocenters. The van der Waals surface area contributed by atoms with Crippen LogP contribution < -0.4 is 15.1 Å². The minimum atomic E-state index is -2.06. The van der Waals surface area contributed by atoms with Crippen molar-refractivity contribution >= 4 is 54.8 Å². The highest BCUT2D eigenvalue weighted by atomic mass is 35.5. The molecule has 2 heterocycles. The Hall–Kier alpha value is -4.25. The number of benzene rings is 2. The Morgan fingerprint density at radius 1 is 1.04 bits per heavy atom. The summed E-state index contributed by atoms with van der Waals surface area (Å²) in [5, 5.41) is 12.7. The van der Waals surface area contributed by atoms with Crippen LogP contribution in [0.15, 0.2) is 42.6 Å². The van der Waals surface area contributed by atoms with E-state index in [-0.39, 0.29) is 53.3 Å². The summed E-state index contributed by atoms with van der Waals surface area (Å²) < 4.78 is 44.0. The zero-order valence-corrected chi connectivity index (χ0v) is 31.8. The molecule has 1 N–H and O–H groups in total. The smallest absolute Gasteiger partial charge is 0.410 e. The lowest BCUT2D eigenvalue weighted by atomic mass is 10.0. The maximum Gasteiger partial charge on any atom is 0.410 e. The van der Waals surface area contributed by atoms with Crippen molar-refractivity contribution in [2.75, 3.05) is 47.9 Å². The van der Waals surface area contributed by atoms with Gasteiger partial charge >= 0.3 is 12.1 Å². The molecule has 0 aliphatic carbocycles. The Kier molecular flexibility index (Phi) is 11.5. The van der Waals surface area contributed by atoms with Crippen LogP contribution in [-0.2, 0) is 9.16 Å². The van der Waals surface area contributed by atoms with Gasteiger partial charge in [-0.3, -0.25) is 9.80 Å². The van der Waals surface area contributed by atoms with Crippen molar-refractivity contribution in [3.8, 4) is 17.2 Å². The van der Waals surface area contributed by atoms with Gasteiger partial charge in [0.2, 0.25) is 0 Å². The lowest BCUT2D eigenvalue weighted by Crippen LogP contribution is -2.45. The molecule has 4 rings (SSSR count). The van der Waals surface area contributed by atoms with Crippen LogP contribution in [0.25, 0.3) is 11.1 Å². The summed E-state index contributed by atoms with van der Waals surface area (Å²) >= 11 is 6.35. The number of hydrogen-bond acceptors (Lipinski definition) is 7. The summed E-state index contributed by atoms with van der Waals surface area (Å²) in [6.45, 7) is 18.8. The molecule has 10 nitrogen and oxygen atoms in total. The second-order valence-corrected chi connectivity index (χ2v) is 19.8. The van der Waals surface area contributed by atoms with Crippen molar-refractivity contribution in [3.63, 3.8) is 0 Å². The van der Waals surface area contributed by atoms with Crippen LogP contribution in [0.1, 0.15) is 54.2 Å². The number of nitrogens with one attached hydrogen (secondary N) is 1. The standard InChI is InChI=1S/C36H45ClF2N6O4Si/c1-10-44-31-22-42-25(21-40)18-27(31)26-12-11-23(37)17-30(26)45(33(44)46)32-28(38)19-24(20-29(32)39)41-13-14-43(34(47)49-35(2,3)4)15-16-48-50(8,9)36(5,6)7/h11-12,17-20,22,41H,10,13-16H2,1-9H3. The van der Waals surface area contributed by atoms with Crippen LogP contribution in [0, 0.1) is 23.0 Å². The number of amides is 3. The van der Waals surface area contributed by atoms with Gasteiger partial charge in [-0.1, -0.05) is 38.4 Å². The quantitative estimate of drug-likeness (QED) is 0.207. The minimum Gasteiger partial charge on any atom is -0.444 e. The normalized spacial score (nSPS) is 13.3. The number of hydrogen-bond donors (Lipinski definition) is 1. The number of carbonyl (C=O) groups excluding carboxylic acids is 2. The van der Waals surface area contributed by atoms with Gasteiger partial charge in [0.1, 0.15) is 23.1 Å². The molecule has 2 aromatic carbocycles. The Morgan fingerprint density at radius 2 is 1.70 bits per heavy atom. The lowest BCUT2D eigenvalue weighted by molar-refractivity contribution is 0.0230. The zero-order valence-electron chi connectivity index (χ0n) is 30.1. The molecule has 3 aromatic rings. The number of urea groups is 1. The van der Waals surface area contributed by atoms with Crippen molar-refractivity contribution in [2.45, 2.75) is 72.2 Å². The third kappa shape index (κ3) is 8.54. The van der Waals surface area contributed by atoms with E-state index in [2.05, 4.69) is 44.2 Å². The van der Waals surface area contributed by atoms with Crippen LogP contribution in [-0.4, -0.2) is 68.7 Å². The Balaban J connectivity index is 1.61. The number of rotatable bonds is 10. The monoisotopic (exact) mass is 726 g/mol. The molecule has 0 spiro atoms. The summed E-state index contributed by atoms with van der Waals surface area (Å²) in [4.78, 5) is 35.1. The number of aromatic nitrogens is 1. The summed E-state index contributed by atoms with van der Waals surface area (Å²) in [5.41, 5.74) is 0.356. The Labute approximate surface area is 299 Å². The van der Waals surface area contributed by atoms with Gasteiger partial charge < -0.3 is 19.4 Å². The molecule has 0 bridgehead atoms. The first-order chi connectivity index (χ1) is 23.3. The molecule has 268 valence electrons. The molecule has 14 heteroatoms. The first-order valence-corrected chi connectivity index (χ1v) is 19.7. The molecule has 1 aliphatic rings.